The summed E-state index contributed by atoms with van der Waals surface area (Å²) in [6.07, 6.45) is 3.38. The average Bonchev–Trinajstić information content (AvgIpc) is 2.56. The van der Waals surface area contributed by atoms with Crippen LogP contribution >= 0.6 is 24.8 Å². The molecule has 0 unspecified atom stereocenters. The van der Waals surface area contributed by atoms with E-state index in [0.717, 1.165) is 32.0 Å². The van der Waals surface area contributed by atoms with Gasteiger partial charge in [0.25, 0.3) is 0 Å². The minimum absolute atomic E-state index is 0. The van der Waals surface area contributed by atoms with Crippen molar-refractivity contribution < 1.29 is 13.2 Å². The Kier molecular flexibility index (Phi) is 9.25. The van der Waals surface area contributed by atoms with E-state index in [0.29, 0.717) is 30.1 Å². The zero-order chi connectivity index (χ0) is 17.9. The molecule has 1 saturated heterocycles. The summed E-state index contributed by atoms with van der Waals surface area (Å²) in [5.41, 5.74) is 0.0494. The van der Waals surface area contributed by atoms with Crippen LogP contribution in [-0.2, 0) is 12.6 Å². The Bertz CT molecular complexity index is 582. The molecule has 2 heterocycles. The van der Waals surface area contributed by atoms with Gasteiger partial charge in [-0.3, -0.25) is 0 Å². The summed E-state index contributed by atoms with van der Waals surface area (Å²) < 4.78 is 38.5. The first kappa shape index (κ1) is 24.4. The number of rotatable bonds is 4. The topological polar surface area (TPSA) is 49.8 Å². The van der Waals surface area contributed by atoms with Gasteiger partial charge in [0.2, 0.25) is 0 Å². The molecule has 1 aromatic heterocycles. The minimum atomic E-state index is -4.41. The first-order valence-electron chi connectivity index (χ1n) is 9.22. The lowest BCUT2D eigenvalue weighted by Crippen LogP contribution is -2.43. The van der Waals surface area contributed by atoms with E-state index < -0.39 is 11.9 Å². The fourth-order valence-corrected chi connectivity index (χ4v) is 4.17. The van der Waals surface area contributed by atoms with Crippen LogP contribution in [0.1, 0.15) is 55.7 Å². The summed E-state index contributed by atoms with van der Waals surface area (Å²) in [6, 6.07) is 1.46. The van der Waals surface area contributed by atoms with E-state index in [9.17, 15) is 13.2 Å². The van der Waals surface area contributed by atoms with Crippen LogP contribution in [0.4, 0.5) is 13.2 Å². The number of alkyl halides is 3. The molecule has 0 amide bonds. The third-order valence-corrected chi connectivity index (χ3v) is 5.68. The van der Waals surface area contributed by atoms with Crippen molar-refractivity contribution in [3.8, 4) is 0 Å². The molecule has 2 N–H and O–H groups in total. The molecule has 3 rings (SSSR count). The summed E-state index contributed by atoms with van der Waals surface area (Å²) in [5.74, 6) is 0.269. The van der Waals surface area contributed by atoms with Gasteiger partial charge in [0.15, 0.2) is 0 Å². The van der Waals surface area contributed by atoms with E-state index in [4.69, 9.17) is 0 Å². The molecule has 0 atom stereocenters. The third-order valence-electron chi connectivity index (χ3n) is 5.68. The number of aryl methyl sites for hydroxylation is 1. The van der Waals surface area contributed by atoms with Gasteiger partial charge in [-0.1, -0.05) is 0 Å². The van der Waals surface area contributed by atoms with Crippen molar-refractivity contribution in [2.24, 2.45) is 5.41 Å². The lowest BCUT2D eigenvalue weighted by atomic mass is 9.67. The predicted octanol–water partition coefficient (Wildman–Crippen LogP) is 4.09. The number of nitrogens with zero attached hydrogens (tertiary/aromatic N) is 2. The van der Waals surface area contributed by atoms with Gasteiger partial charge in [0.1, 0.15) is 11.5 Å². The standard InChI is InChI=1S/C18H27F3N4.2ClH/c1-13-12-15(18(19,20)21)25-16(24-13)4-9-23-14-2-5-17(6-3-14)7-10-22-11-8-17;;/h12,14,22-23H,2-11H2,1H3;2*1H. The van der Waals surface area contributed by atoms with E-state index in [2.05, 4.69) is 20.6 Å². The van der Waals surface area contributed by atoms with E-state index in [1.165, 1.54) is 25.7 Å². The Morgan fingerprint density at radius 3 is 2.33 bits per heavy atom. The van der Waals surface area contributed by atoms with Crippen LogP contribution < -0.4 is 10.6 Å². The zero-order valence-electron chi connectivity index (χ0n) is 15.6. The summed E-state index contributed by atoms with van der Waals surface area (Å²) in [4.78, 5) is 7.81. The molecule has 1 saturated carbocycles. The predicted molar refractivity (Wildman–Crippen MR) is 105 cm³/mol. The first-order chi connectivity index (χ1) is 11.9. The van der Waals surface area contributed by atoms with Gasteiger partial charge in [0.05, 0.1) is 0 Å². The van der Waals surface area contributed by atoms with Crippen LogP contribution in [0.5, 0.6) is 0 Å². The fraction of sp³-hybridized carbons (Fsp3) is 0.778. The van der Waals surface area contributed by atoms with Crippen LogP contribution in [0.15, 0.2) is 6.07 Å². The average molecular weight is 429 g/mol. The van der Waals surface area contributed by atoms with Crippen LogP contribution in [0.2, 0.25) is 0 Å². The molecular formula is C18H29Cl2F3N4. The Morgan fingerprint density at radius 1 is 1.11 bits per heavy atom. The number of hydrogen-bond donors (Lipinski definition) is 2. The Hall–Kier alpha value is -0.630. The molecule has 1 aromatic rings. The highest BCUT2D eigenvalue weighted by molar-refractivity contribution is 5.85. The molecular weight excluding hydrogens is 400 g/mol. The molecule has 1 aliphatic carbocycles. The summed E-state index contributed by atoms with van der Waals surface area (Å²) >= 11 is 0. The van der Waals surface area contributed by atoms with Gasteiger partial charge in [-0.25, -0.2) is 9.97 Å². The van der Waals surface area contributed by atoms with Gasteiger partial charge in [-0.15, -0.1) is 24.8 Å². The van der Waals surface area contributed by atoms with Crippen molar-refractivity contribution >= 4 is 24.8 Å². The van der Waals surface area contributed by atoms with Gasteiger partial charge in [-0.05, 0) is 70.0 Å². The second kappa shape index (κ2) is 10.2. The maximum Gasteiger partial charge on any atom is 0.433 e. The normalized spacial score (nSPS) is 20.0. The molecule has 0 bridgehead atoms. The maximum atomic E-state index is 12.8. The zero-order valence-corrected chi connectivity index (χ0v) is 17.2. The van der Waals surface area contributed by atoms with E-state index in [1.807, 2.05) is 0 Å². The quantitative estimate of drug-likeness (QED) is 0.757. The molecule has 2 aliphatic rings. The van der Waals surface area contributed by atoms with Crippen LogP contribution in [-0.4, -0.2) is 35.6 Å². The molecule has 0 radical (unpaired) electrons. The SMILES string of the molecule is Cc1cc(C(F)(F)F)nc(CCNC2CCC3(CCNCC3)CC2)n1.Cl.Cl. The second-order valence-corrected chi connectivity index (χ2v) is 7.54. The number of halogens is 5. The molecule has 2 fully saturated rings. The molecule has 156 valence electrons. The van der Waals surface area contributed by atoms with Crippen molar-refractivity contribution in [3.63, 3.8) is 0 Å². The largest absolute Gasteiger partial charge is 0.433 e. The van der Waals surface area contributed by atoms with E-state index in [1.54, 1.807) is 6.92 Å². The highest BCUT2D eigenvalue weighted by atomic mass is 35.5. The summed E-state index contributed by atoms with van der Waals surface area (Å²) in [6.45, 7) is 4.46. The van der Waals surface area contributed by atoms with Gasteiger partial charge >= 0.3 is 6.18 Å². The fourth-order valence-electron chi connectivity index (χ4n) is 4.17. The highest BCUT2D eigenvalue weighted by Crippen LogP contribution is 2.43. The van der Waals surface area contributed by atoms with Crippen LogP contribution in [0.3, 0.4) is 0 Å². The molecule has 0 aromatic carbocycles. The summed E-state index contributed by atoms with van der Waals surface area (Å²) in [5, 5.41) is 6.92. The van der Waals surface area contributed by atoms with Crippen molar-refractivity contribution in [2.75, 3.05) is 19.6 Å². The Labute approximate surface area is 171 Å². The number of aromatic nitrogens is 2. The monoisotopic (exact) mass is 428 g/mol. The van der Waals surface area contributed by atoms with Crippen molar-refractivity contribution in [3.05, 3.63) is 23.3 Å². The molecule has 4 nitrogen and oxygen atoms in total. The van der Waals surface area contributed by atoms with Crippen molar-refractivity contribution in [2.45, 2.75) is 64.1 Å². The molecule has 27 heavy (non-hydrogen) atoms. The number of nitrogens with one attached hydrogen (secondary N) is 2. The highest BCUT2D eigenvalue weighted by Gasteiger charge is 2.36. The second-order valence-electron chi connectivity index (χ2n) is 7.54. The Balaban J connectivity index is 0.00000182. The van der Waals surface area contributed by atoms with Gasteiger partial charge in [0, 0.05) is 24.7 Å². The smallest absolute Gasteiger partial charge is 0.317 e. The van der Waals surface area contributed by atoms with Crippen LogP contribution in [0.25, 0.3) is 0 Å². The summed E-state index contributed by atoms with van der Waals surface area (Å²) in [7, 11) is 0. The van der Waals surface area contributed by atoms with E-state index in [-0.39, 0.29) is 30.6 Å². The lowest BCUT2D eigenvalue weighted by molar-refractivity contribution is -0.141. The van der Waals surface area contributed by atoms with Gasteiger partial charge < -0.3 is 10.6 Å². The first-order valence-corrected chi connectivity index (χ1v) is 9.22. The maximum absolute atomic E-state index is 12.8. The molecule has 1 spiro atoms. The van der Waals surface area contributed by atoms with E-state index >= 15 is 0 Å². The van der Waals surface area contributed by atoms with Crippen molar-refractivity contribution in [1.29, 1.82) is 0 Å². The lowest BCUT2D eigenvalue weighted by Gasteiger charge is -2.43. The molecule has 9 heteroatoms. The van der Waals surface area contributed by atoms with Gasteiger partial charge in [-0.2, -0.15) is 13.2 Å². The molecule has 1 aliphatic heterocycles. The third kappa shape index (κ3) is 6.73. The number of hydrogen-bond acceptors (Lipinski definition) is 4. The van der Waals surface area contributed by atoms with Crippen LogP contribution in [0, 0.1) is 12.3 Å². The van der Waals surface area contributed by atoms with Crippen molar-refractivity contribution in [1.82, 2.24) is 20.6 Å². The number of piperidine rings is 1. The Morgan fingerprint density at radius 2 is 1.74 bits per heavy atom. The minimum Gasteiger partial charge on any atom is -0.317 e.